The van der Waals surface area contributed by atoms with Crippen molar-refractivity contribution in [2.45, 2.75) is 25.9 Å². The Labute approximate surface area is 129 Å². The van der Waals surface area contributed by atoms with Gasteiger partial charge in [-0.05, 0) is 48.7 Å². The van der Waals surface area contributed by atoms with E-state index in [1.807, 2.05) is 12.1 Å². The molecule has 2 nitrogen and oxygen atoms in total. The van der Waals surface area contributed by atoms with E-state index in [1.54, 1.807) is 6.07 Å². The maximum Gasteiger partial charge on any atom is 0.123 e. The molecule has 0 amide bonds. The van der Waals surface area contributed by atoms with Gasteiger partial charge < -0.3 is 4.98 Å². The number of aromatic amines is 1. The average molecular weight is 294 g/mol. The summed E-state index contributed by atoms with van der Waals surface area (Å²) in [6, 6.07) is 15.6. The smallest absolute Gasteiger partial charge is 0.123 e. The number of nitrogens with zero attached hydrogens (tertiary/aromatic N) is 1. The van der Waals surface area contributed by atoms with Gasteiger partial charge in [0, 0.05) is 29.7 Å². The van der Waals surface area contributed by atoms with Gasteiger partial charge in [0.05, 0.1) is 0 Å². The highest BCUT2D eigenvalue weighted by molar-refractivity contribution is 5.84. The van der Waals surface area contributed by atoms with E-state index in [0.29, 0.717) is 0 Å². The van der Waals surface area contributed by atoms with Crippen LogP contribution in [0.25, 0.3) is 10.9 Å². The van der Waals surface area contributed by atoms with E-state index in [2.05, 4.69) is 34.1 Å². The number of aryl methyl sites for hydroxylation is 1. The van der Waals surface area contributed by atoms with Gasteiger partial charge in [-0.25, -0.2) is 4.39 Å². The van der Waals surface area contributed by atoms with Crippen molar-refractivity contribution in [1.29, 1.82) is 0 Å². The molecule has 0 radical (unpaired) electrons. The first-order chi connectivity index (χ1) is 10.8. The molecular formula is C19H19FN2. The fourth-order valence-corrected chi connectivity index (χ4v) is 3.43. The molecule has 22 heavy (non-hydrogen) atoms. The molecule has 0 bridgehead atoms. The Hall–Kier alpha value is -2.13. The van der Waals surface area contributed by atoms with Gasteiger partial charge in [0.25, 0.3) is 0 Å². The van der Waals surface area contributed by atoms with Crippen molar-refractivity contribution in [2.75, 3.05) is 6.54 Å². The van der Waals surface area contributed by atoms with Gasteiger partial charge in [0.2, 0.25) is 0 Å². The summed E-state index contributed by atoms with van der Waals surface area (Å²) in [5.74, 6) is -0.159. The molecule has 1 N–H and O–H groups in total. The Balaban J connectivity index is 1.67. The highest BCUT2D eigenvalue weighted by Gasteiger charge is 2.19. The van der Waals surface area contributed by atoms with Crippen LogP contribution in [-0.2, 0) is 19.5 Å². The lowest BCUT2D eigenvalue weighted by Gasteiger charge is -2.20. The molecule has 0 aliphatic carbocycles. The summed E-state index contributed by atoms with van der Waals surface area (Å²) in [4.78, 5) is 5.93. The third kappa shape index (κ3) is 2.53. The fourth-order valence-electron chi connectivity index (χ4n) is 3.43. The number of hydrogen-bond acceptors (Lipinski definition) is 1. The standard InChI is InChI=1S/C19H19FN2/c20-15-8-9-19-16(11-15)17-13-22(10-4-7-18(17)21-19)12-14-5-2-1-3-6-14/h1-3,5-6,8-9,11,21H,4,7,10,12-13H2. The Morgan fingerprint density at radius 2 is 1.95 bits per heavy atom. The van der Waals surface area contributed by atoms with Gasteiger partial charge in [-0.15, -0.1) is 0 Å². The molecule has 2 aromatic carbocycles. The number of hydrogen-bond donors (Lipinski definition) is 1. The van der Waals surface area contributed by atoms with E-state index >= 15 is 0 Å². The topological polar surface area (TPSA) is 19.0 Å². The van der Waals surface area contributed by atoms with Crippen LogP contribution in [0, 0.1) is 5.82 Å². The minimum Gasteiger partial charge on any atom is -0.358 e. The van der Waals surface area contributed by atoms with E-state index in [-0.39, 0.29) is 5.82 Å². The molecule has 0 spiro atoms. The zero-order chi connectivity index (χ0) is 14.9. The summed E-state index contributed by atoms with van der Waals surface area (Å²) < 4.78 is 13.6. The quantitative estimate of drug-likeness (QED) is 0.748. The number of fused-ring (bicyclic) bond motifs is 3. The molecule has 3 aromatic rings. The van der Waals surface area contributed by atoms with Crippen molar-refractivity contribution in [1.82, 2.24) is 9.88 Å². The predicted molar refractivity (Wildman–Crippen MR) is 87.1 cm³/mol. The van der Waals surface area contributed by atoms with Gasteiger partial charge in [0.1, 0.15) is 5.82 Å². The largest absolute Gasteiger partial charge is 0.358 e. The number of halogens is 1. The summed E-state index contributed by atoms with van der Waals surface area (Å²) in [5.41, 5.74) is 4.92. The van der Waals surface area contributed by atoms with Crippen LogP contribution < -0.4 is 0 Å². The lowest BCUT2D eigenvalue weighted by Crippen LogP contribution is -2.22. The number of rotatable bonds is 2. The third-order valence-electron chi connectivity index (χ3n) is 4.49. The highest BCUT2D eigenvalue weighted by Crippen LogP contribution is 2.28. The minimum atomic E-state index is -0.159. The van der Waals surface area contributed by atoms with Crippen LogP contribution in [0.2, 0.25) is 0 Å². The van der Waals surface area contributed by atoms with Crippen LogP contribution in [0.1, 0.15) is 23.2 Å². The molecule has 4 rings (SSSR count). The molecule has 0 saturated carbocycles. The molecule has 3 heteroatoms. The van der Waals surface area contributed by atoms with Gasteiger partial charge in [-0.2, -0.15) is 0 Å². The molecule has 112 valence electrons. The molecular weight excluding hydrogens is 275 g/mol. The molecule has 0 atom stereocenters. The normalized spacial score (nSPS) is 15.7. The maximum atomic E-state index is 13.6. The summed E-state index contributed by atoms with van der Waals surface area (Å²) >= 11 is 0. The van der Waals surface area contributed by atoms with Crippen molar-refractivity contribution in [3.8, 4) is 0 Å². The van der Waals surface area contributed by atoms with Crippen molar-refractivity contribution in [2.24, 2.45) is 0 Å². The van der Waals surface area contributed by atoms with Crippen LogP contribution in [0.15, 0.2) is 48.5 Å². The number of nitrogens with one attached hydrogen (secondary N) is 1. The van der Waals surface area contributed by atoms with Crippen molar-refractivity contribution in [3.05, 3.63) is 71.2 Å². The molecule has 0 unspecified atom stereocenters. The number of benzene rings is 2. The van der Waals surface area contributed by atoms with E-state index in [0.717, 1.165) is 43.4 Å². The monoisotopic (exact) mass is 294 g/mol. The van der Waals surface area contributed by atoms with Gasteiger partial charge in [-0.3, -0.25) is 4.90 Å². The number of aromatic nitrogens is 1. The molecule has 2 heterocycles. The van der Waals surface area contributed by atoms with Crippen LogP contribution in [0.4, 0.5) is 4.39 Å². The molecule has 1 aliphatic heterocycles. The molecule has 1 aromatic heterocycles. The Morgan fingerprint density at radius 1 is 1.09 bits per heavy atom. The van der Waals surface area contributed by atoms with Gasteiger partial charge in [0.15, 0.2) is 0 Å². The van der Waals surface area contributed by atoms with Crippen LogP contribution in [0.5, 0.6) is 0 Å². The fraction of sp³-hybridized carbons (Fsp3) is 0.263. The zero-order valence-corrected chi connectivity index (χ0v) is 12.5. The van der Waals surface area contributed by atoms with Gasteiger partial charge >= 0.3 is 0 Å². The molecule has 0 fully saturated rings. The average Bonchev–Trinajstić information content (AvgIpc) is 2.73. The Morgan fingerprint density at radius 3 is 2.82 bits per heavy atom. The minimum absolute atomic E-state index is 0.159. The number of H-pyrrole nitrogens is 1. The SMILES string of the molecule is Fc1ccc2[nH]c3c(c2c1)CN(Cc1ccccc1)CCC3. The van der Waals surface area contributed by atoms with E-state index < -0.39 is 0 Å². The van der Waals surface area contributed by atoms with E-state index in [9.17, 15) is 4.39 Å². The van der Waals surface area contributed by atoms with Crippen molar-refractivity contribution >= 4 is 10.9 Å². The van der Waals surface area contributed by atoms with Gasteiger partial charge in [-0.1, -0.05) is 30.3 Å². The lowest BCUT2D eigenvalue weighted by molar-refractivity contribution is 0.262. The summed E-state index contributed by atoms with van der Waals surface area (Å²) in [5, 5.41) is 1.04. The van der Waals surface area contributed by atoms with Crippen LogP contribution >= 0.6 is 0 Å². The second kappa shape index (κ2) is 5.58. The first-order valence-electron chi connectivity index (χ1n) is 7.85. The van der Waals surface area contributed by atoms with E-state index in [1.165, 1.54) is 22.9 Å². The second-order valence-electron chi connectivity index (χ2n) is 6.07. The molecule has 1 aliphatic rings. The van der Waals surface area contributed by atoms with Crippen LogP contribution in [0.3, 0.4) is 0 Å². The zero-order valence-electron chi connectivity index (χ0n) is 12.5. The predicted octanol–water partition coefficient (Wildman–Crippen LogP) is 4.26. The summed E-state index contributed by atoms with van der Waals surface area (Å²) in [7, 11) is 0. The Kier molecular flexibility index (Phi) is 3.43. The highest BCUT2D eigenvalue weighted by atomic mass is 19.1. The lowest BCUT2D eigenvalue weighted by atomic mass is 10.1. The third-order valence-corrected chi connectivity index (χ3v) is 4.49. The maximum absolute atomic E-state index is 13.6. The second-order valence-corrected chi connectivity index (χ2v) is 6.07. The molecule has 0 saturated heterocycles. The summed E-state index contributed by atoms with van der Waals surface area (Å²) in [6.07, 6.45) is 2.17. The van der Waals surface area contributed by atoms with Crippen LogP contribution in [-0.4, -0.2) is 16.4 Å². The van der Waals surface area contributed by atoms with E-state index in [4.69, 9.17) is 0 Å². The first-order valence-corrected chi connectivity index (χ1v) is 7.85. The van der Waals surface area contributed by atoms with Crippen molar-refractivity contribution in [3.63, 3.8) is 0 Å². The first kappa shape index (κ1) is 13.5. The van der Waals surface area contributed by atoms with Crippen molar-refractivity contribution < 1.29 is 4.39 Å². The summed E-state index contributed by atoms with van der Waals surface area (Å²) in [6.45, 7) is 2.91. The Bertz CT molecular complexity index is 792.